The third-order valence-electron chi connectivity index (χ3n) is 2.86. The van der Waals surface area contributed by atoms with Gasteiger partial charge in [0.2, 0.25) is 5.91 Å². The highest BCUT2D eigenvalue weighted by molar-refractivity contribution is 7.80. The van der Waals surface area contributed by atoms with Gasteiger partial charge in [-0.05, 0) is 12.0 Å². The zero-order valence-corrected chi connectivity index (χ0v) is 12.4. The van der Waals surface area contributed by atoms with Gasteiger partial charge in [0.1, 0.15) is 0 Å². The van der Waals surface area contributed by atoms with Crippen LogP contribution in [0.25, 0.3) is 0 Å². The van der Waals surface area contributed by atoms with Gasteiger partial charge in [0, 0.05) is 11.1 Å². The Kier molecular flexibility index (Phi) is 5.20. The Hall–Kier alpha value is -1.79. The van der Waals surface area contributed by atoms with E-state index in [0.717, 1.165) is 10.4 Å². The van der Waals surface area contributed by atoms with Crippen LogP contribution in [0.15, 0.2) is 42.0 Å². The van der Waals surface area contributed by atoms with Crippen molar-refractivity contribution in [2.75, 3.05) is 0 Å². The molecule has 0 spiro atoms. The Morgan fingerprint density at radius 3 is 2.75 bits per heavy atom. The summed E-state index contributed by atoms with van der Waals surface area (Å²) in [6.07, 6.45) is 2.25. The number of thiazole rings is 1. The van der Waals surface area contributed by atoms with E-state index < -0.39 is 5.92 Å². The molecule has 1 heterocycles. The molecule has 1 unspecified atom stereocenters. The maximum absolute atomic E-state index is 12.2. The molecule has 0 aliphatic heterocycles. The monoisotopic (exact) mass is 305 g/mol. The highest BCUT2D eigenvalue weighted by Crippen LogP contribution is 2.11. The molecule has 1 aromatic heterocycles. The quantitative estimate of drug-likeness (QED) is 0.800. The van der Waals surface area contributed by atoms with Gasteiger partial charge < -0.3 is 11.1 Å². The van der Waals surface area contributed by atoms with E-state index in [-0.39, 0.29) is 10.9 Å². The zero-order valence-electron chi connectivity index (χ0n) is 10.8. The largest absolute Gasteiger partial charge is 0.393 e. The Labute approximate surface area is 127 Å². The van der Waals surface area contributed by atoms with Crippen LogP contribution in [0.4, 0.5) is 0 Å². The van der Waals surface area contributed by atoms with E-state index in [1.54, 1.807) is 11.7 Å². The number of nitrogens with one attached hydrogen (secondary N) is 1. The van der Waals surface area contributed by atoms with E-state index >= 15 is 0 Å². The SMILES string of the molecule is NC(=S)C(Cc1ccccc1)C(=O)NCc1cncs1. The summed E-state index contributed by atoms with van der Waals surface area (Å²) in [5.41, 5.74) is 8.47. The van der Waals surface area contributed by atoms with Crippen LogP contribution in [-0.2, 0) is 17.8 Å². The van der Waals surface area contributed by atoms with Crippen LogP contribution in [0.1, 0.15) is 10.4 Å². The molecule has 4 nitrogen and oxygen atoms in total. The number of rotatable bonds is 6. The minimum Gasteiger partial charge on any atom is -0.393 e. The highest BCUT2D eigenvalue weighted by atomic mass is 32.1. The van der Waals surface area contributed by atoms with Gasteiger partial charge in [-0.1, -0.05) is 42.5 Å². The Bertz CT molecular complexity index is 569. The lowest BCUT2D eigenvalue weighted by Gasteiger charge is -2.15. The molecule has 104 valence electrons. The van der Waals surface area contributed by atoms with Crippen LogP contribution in [0.5, 0.6) is 0 Å². The van der Waals surface area contributed by atoms with E-state index in [9.17, 15) is 4.79 Å². The van der Waals surface area contributed by atoms with Gasteiger partial charge in [0.05, 0.1) is 23.0 Å². The van der Waals surface area contributed by atoms with E-state index in [0.29, 0.717) is 13.0 Å². The maximum Gasteiger partial charge on any atom is 0.230 e. The first-order valence-corrected chi connectivity index (χ1v) is 7.44. The van der Waals surface area contributed by atoms with E-state index in [4.69, 9.17) is 18.0 Å². The number of nitrogens with zero attached hydrogens (tertiary/aromatic N) is 1. The smallest absolute Gasteiger partial charge is 0.230 e. The fourth-order valence-electron chi connectivity index (χ4n) is 1.80. The first-order valence-electron chi connectivity index (χ1n) is 6.15. The van der Waals surface area contributed by atoms with Gasteiger partial charge in [-0.25, -0.2) is 0 Å². The highest BCUT2D eigenvalue weighted by Gasteiger charge is 2.21. The molecule has 20 heavy (non-hydrogen) atoms. The van der Waals surface area contributed by atoms with E-state index in [2.05, 4.69) is 10.3 Å². The number of thiocarbonyl (C=S) groups is 1. The Balaban J connectivity index is 1.97. The van der Waals surface area contributed by atoms with Crippen molar-refractivity contribution < 1.29 is 4.79 Å². The Morgan fingerprint density at radius 2 is 2.15 bits per heavy atom. The van der Waals surface area contributed by atoms with Gasteiger partial charge in [-0.2, -0.15) is 0 Å². The van der Waals surface area contributed by atoms with Gasteiger partial charge in [-0.3, -0.25) is 9.78 Å². The summed E-state index contributed by atoms with van der Waals surface area (Å²) in [5, 5.41) is 2.85. The number of carbonyl (C=O) groups excluding carboxylic acids is 1. The second-order valence-electron chi connectivity index (χ2n) is 4.33. The van der Waals surface area contributed by atoms with E-state index in [1.165, 1.54) is 11.3 Å². The molecular weight excluding hydrogens is 290 g/mol. The molecule has 6 heteroatoms. The summed E-state index contributed by atoms with van der Waals surface area (Å²) in [5.74, 6) is -0.630. The van der Waals surface area contributed by atoms with Crippen molar-refractivity contribution >= 4 is 34.5 Å². The van der Waals surface area contributed by atoms with Crippen LogP contribution in [0.2, 0.25) is 0 Å². The molecule has 2 rings (SSSR count). The first kappa shape index (κ1) is 14.6. The summed E-state index contributed by atoms with van der Waals surface area (Å²) in [4.78, 5) is 17.4. The lowest BCUT2D eigenvalue weighted by atomic mass is 9.98. The van der Waals surface area contributed by atoms with Crippen molar-refractivity contribution in [1.82, 2.24) is 10.3 Å². The number of hydrogen-bond donors (Lipinski definition) is 2. The third kappa shape index (κ3) is 4.11. The number of hydrogen-bond acceptors (Lipinski definition) is 4. The molecule has 0 radical (unpaired) electrons. The van der Waals surface area contributed by atoms with Crippen LogP contribution in [0, 0.1) is 5.92 Å². The summed E-state index contributed by atoms with van der Waals surface area (Å²) >= 11 is 6.51. The van der Waals surface area contributed by atoms with Crippen molar-refractivity contribution in [3.8, 4) is 0 Å². The molecule has 2 aromatic rings. The predicted octanol–water partition coefficient (Wildman–Crippen LogP) is 1.90. The molecule has 1 atom stereocenters. The summed E-state index contributed by atoms with van der Waals surface area (Å²) < 4.78 is 0. The molecule has 0 aliphatic rings. The second kappa shape index (κ2) is 7.12. The molecule has 1 aromatic carbocycles. The van der Waals surface area contributed by atoms with Crippen molar-refractivity contribution in [2.45, 2.75) is 13.0 Å². The van der Waals surface area contributed by atoms with Crippen LogP contribution >= 0.6 is 23.6 Å². The first-order chi connectivity index (χ1) is 9.66. The molecule has 0 aliphatic carbocycles. The molecule has 0 saturated carbocycles. The topological polar surface area (TPSA) is 68.0 Å². The molecule has 1 amide bonds. The van der Waals surface area contributed by atoms with Crippen LogP contribution in [-0.4, -0.2) is 15.9 Å². The Morgan fingerprint density at radius 1 is 1.40 bits per heavy atom. The second-order valence-corrected chi connectivity index (χ2v) is 5.77. The number of carbonyl (C=O) groups is 1. The van der Waals surface area contributed by atoms with Gasteiger partial charge in [0.15, 0.2) is 0 Å². The minimum atomic E-state index is -0.486. The number of benzene rings is 1. The average Bonchev–Trinajstić information content (AvgIpc) is 2.96. The number of aromatic nitrogens is 1. The van der Waals surface area contributed by atoms with Crippen molar-refractivity contribution in [2.24, 2.45) is 11.7 Å². The summed E-state index contributed by atoms with van der Waals surface area (Å²) in [6.45, 7) is 0.456. The third-order valence-corrected chi connectivity index (χ3v) is 3.93. The lowest BCUT2D eigenvalue weighted by molar-refractivity contribution is -0.123. The van der Waals surface area contributed by atoms with Crippen molar-refractivity contribution in [3.63, 3.8) is 0 Å². The van der Waals surface area contributed by atoms with Gasteiger partial charge in [0.25, 0.3) is 0 Å². The predicted molar refractivity (Wildman–Crippen MR) is 84.4 cm³/mol. The van der Waals surface area contributed by atoms with Crippen LogP contribution in [0.3, 0.4) is 0 Å². The normalized spacial score (nSPS) is 11.8. The van der Waals surface area contributed by atoms with Crippen molar-refractivity contribution in [1.29, 1.82) is 0 Å². The van der Waals surface area contributed by atoms with Crippen molar-refractivity contribution in [3.05, 3.63) is 52.5 Å². The average molecular weight is 305 g/mol. The fourth-order valence-corrected chi connectivity index (χ4v) is 2.52. The molecule has 0 fully saturated rings. The minimum absolute atomic E-state index is 0.144. The van der Waals surface area contributed by atoms with E-state index in [1.807, 2.05) is 30.3 Å². The van der Waals surface area contributed by atoms with Gasteiger partial charge in [-0.15, -0.1) is 11.3 Å². The standard InChI is InChI=1S/C14H15N3OS2/c15-13(19)12(6-10-4-2-1-3-5-10)14(18)17-8-11-7-16-9-20-11/h1-5,7,9,12H,6,8H2,(H2,15,19)(H,17,18). The number of amides is 1. The number of nitrogens with two attached hydrogens (primary N) is 1. The maximum atomic E-state index is 12.2. The summed E-state index contributed by atoms with van der Waals surface area (Å²) in [6, 6.07) is 9.72. The lowest BCUT2D eigenvalue weighted by Crippen LogP contribution is -2.38. The molecular formula is C14H15N3OS2. The zero-order chi connectivity index (χ0) is 14.4. The van der Waals surface area contributed by atoms with Crippen LogP contribution < -0.4 is 11.1 Å². The summed E-state index contributed by atoms with van der Waals surface area (Å²) in [7, 11) is 0. The van der Waals surface area contributed by atoms with Gasteiger partial charge >= 0.3 is 0 Å². The molecule has 0 saturated heterocycles. The fraction of sp³-hybridized carbons (Fsp3) is 0.214. The molecule has 3 N–H and O–H groups in total. The molecule has 0 bridgehead atoms.